The van der Waals surface area contributed by atoms with Gasteiger partial charge in [0.15, 0.2) is 11.5 Å². The van der Waals surface area contributed by atoms with Gasteiger partial charge in [0.2, 0.25) is 5.91 Å². The molecular weight excluding hydrogens is 520 g/mol. The molecule has 1 unspecified atom stereocenters. The molecule has 15 heteroatoms. The number of halogens is 4. The van der Waals surface area contributed by atoms with Crippen LogP contribution in [-0.4, -0.2) is 65.3 Å². The van der Waals surface area contributed by atoms with Gasteiger partial charge < -0.3 is 25.8 Å². The first-order valence-electron chi connectivity index (χ1n) is 12.2. The van der Waals surface area contributed by atoms with Crippen molar-refractivity contribution in [2.24, 2.45) is 5.73 Å². The molecule has 0 aliphatic carbocycles. The molecular formula is C24H24F4N10O. The first kappa shape index (κ1) is 25.0. The molecule has 0 bridgehead atoms. The molecule has 39 heavy (non-hydrogen) atoms. The van der Waals surface area contributed by atoms with Crippen molar-refractivity contribution in [1.29, 1.82) is 0 Å². The first-order valence-corrected chi connectivity index (χ1v) is 12.2. The van der Waals surface area contributed by atoms with E-state index in [9.17, 15) is 22.4 Å². The van der Waals surface area contributed by atoms with Crippen LogP contribution in [0.5, 0.6) is 0 Å². The number of alkyl halides is 3. The van der Waals surface area contributed by atoms with Gasteiger partial charge in [-0.05, 0) is 24.6 Å². The van der Waals surface area contributed by atoms with E-state index in [2.05, 4.69) is 20.1 Å². The van der Waals surface area contributed by atoms with Crippen molar-refractivity contribution in [3.05, 3.63) is 59.7 Å². The van der Waals surface area contributed by atoms with Crippen LogP contribution in [0.1, 0.15) is 23.2 Å². The molecule has 0 spiro atoms. The zero-order valence-electron chi connectivity index (χ0n) is 20.6. The minimum Gasteiger partial charge on any atom is -0.382 e. The predicted octanol–water partition coefficient (Wildman–Crippen LogP) is 1.76. The number of nitrogens with two attached hydrogens (primary N) is 2. The monoisotopic (exact) mass is 544 g/mol. The highest BCUT2D eigenvalue weighted by Gasteiger charge is 2.46. The third kappa shape index (κ3) is 4.22. The Kier molecular flexibility index (Phi) is 5.71. The molecule has 0 saturated carbocycles. The Labute approximate surface area is 219 Å². The summed E-state index contributed by atoms with van der Waals surface area (Å²) in [5.74, 6) is -1.62. The third-order valence-electron chi connectivity index (χ3n) is 7.37. The van der Waals surface area contributed by atoms with E-state index in [1.54, 1.807) is 16.0 Å². The summed E-state index contributed by atoms with van der Waals surface area (Å²) in [7, 11) is 0. The number of imidazole rings is 1. The van der Waals surface area contributed by atoms with Crippen LogP contribution in [0.25, 0.3) is 11.2 Å². The van der Waals surface area contributed by atoms with Crippen molar-refractivity contribution in [2.45, 2.75) is 37.8 Å². The number of anilines is 2. The molecule has 3 aromatic heterocycles. The van der Waals surface area contributed by atoms with Gasteiger partial charge in [0.05, 0.1) is 37.2 Å². The summed E-state index contributed by atoms with van der Waals surface area (Å²) >= 11 is 0. The van der Waals surface area contributed by atoms with Gasteiger partial charge in [-0.2, -0.15) is 18.3 Å². The zero-order valence-corrected chi connectivity index (χ0v) is 20.6. The number of amides is 1. The number of nitrogen functional groups attached to an aromatic ring is 1. The molecule has 4 aromatic rings. The molecule has 4 N–H and O–H groups in total. The van der Waals surface area contributed by atoms with Crippen molar-refractivity contribution in [3.8, 4) is 0 Å². The minimum atomic E-state index is -4.98. The average molecular weight is 545 g/mol. The maximum Gasteiger partial charge on any atom is 0.419 e. The van der Waals surface area contributed by atoms with Crippen LogP contribution in [0.3, 0.4) is 0 Å². The van der Waals surface area contributed by atoms with E-state index < -0.39 is 29.6 Å². The van der Waals surface area contributed by atoms with Crippen LogP contribution >= 0.6 is 0 Å². The van der Waals surface area contributed by atoms with Crippen molar-refractivity contribution in [1.82, 2.24) is 34.2 Å². The van der Waals surface area contributed by atoms with Gasteiger partial charge in [-0.15, -0.1) is 0 Å². The summed E-state index contributed by atoms with van der Waals surface area (Å²) in [6, 6.07) is 3.90. The topological polar surface area (TPSA) is 137 Å². The lowest BCUT2D eigenvalue weighted by Gasteiger charge is -2.34. The molecule has 5 heterocycles. The molecule has 204 valence electrons. The fourth-order valence-corrected chi connectivity index (χ4v) is 5.44. The third-order valence-corrected chi connectivity index (χ3v) is 7.37. The number of benzene rings is 1. The summed E-state index contributed by atoms with van der Waals surface area (Å²) in [6.07, 6.45) is -0.637. The maximum absolute atomic E-state index is 14.7. The number of nitrogens with zero attached hydrogens (tertiary/aromatic N) is 8. The van der Waals surface area contributed by atoms with E-state index >= 15 is 0 Å². The van der Waals surface area contributed by atoms with Gasteiger partial charge in [-0.25, -0.2) is 19.3 Å². The number of carbonyl (C=O) groups excluding carboxylic acids is 1. The van der Waals surface area contributed by atoms with E-state index in [4.69, 9.17) is 11.5 Å². The minimum absolute atomic E-state index is 0.0304. The van der Waals surface area contributed by atoms with E-state index in [1.165, 1.54) is 23.3 Å². The van der Waals surface area contributed by atoms with Gasteiger partial charge in [0, 0.05) is 37.1 Å². The zero-order chi connectivity index (χ0) is 27.5. The quantitative estimate of drug-likeness (QED) is 0.371. The highest BCUT2D eigenvalue weighted by molar-refractivity contribution is 5.88. The average Bonchev–Trinajstić information content (AvgIpc) is 3.62. The molecule has 0 radical (unpaired) electrons. The summed E-state index contributed by atoms with van der Waals surface area (Å²) in [5.41, 5.74) is 10.8. The Morgan fingerprint density at radius 2 is 1.92 bits per heavy atom. The molecule has 1 atom stereocenters. The van der Waals surface area contributed by atoms with Crippen molar-refractivity contribution in [3.63, 3.8) is 0 Å². The van der Waals surface area contributed by atoms with Gasteiger partial charge in [-0.1, -0.05) is 0 Å². The standard InChI is InChI=1S/C24H24F4N10O/c25-16-1-2-17(15(18(16)24(26,27)28)10-37-13-33-19-20(29)31-12-32-21(19)37)36-6-4-23(30,11-36)22(39)35-7-8-38-14(9-35)3-5-34-38/h1-3,5,12-13H,4,6-11,30H2,(H2,29,31,32). The van der Waals surface area contributed by atoms with Gasteiger partial charge in [0.25, 0.3) is 0 Å². The van der Waals surface area contributed by atoms with Crippen LogP contribution in [0.4, 0.5) is 29.1 Å². The SMILES string of the molecule is Nc1ncnc2c1ncn2Cc1c(N2CCC(N)(C(=O)N3CCn4nccc4C3)C2)ccc(F)c1C(F)(F)F. The Hall–Kier alpha value is -4.27. The smallest absolute Gasteiger partial charge is 0.382 e. The highest BCUT2D eigenvalue weighted by atomic mass is 19.4. The Bertz CT molecular complexity index is 1580. The van der Waals surface area contributed by atoms with E-state index in [1.807, 2.05) is 10.7 Å². The Morgan fingerprint density at radius 3 is 2.72 bits per heavy atom. The number of hydrogen-bond donors (Lipinski definition) is 2. The number of fused-ring (bicyclic) bond motifs is 2. The van der Waals surface area contributed by atoms with Gasteiger partial charge >= 0.3 is 6.18 Å². The highest BCUT2D eigenvalue weighted by Crippen LogP contribution is 2.41. The second-order valence-electron chi connectivity index (χ2n) is 9.82. The van der Waals surface area contributed by atoms with Crippen LogP contribution in [0.15, 0.2) is 37.1 Å². The molecule has 1 amide bonds. The van der Waals surface area contributed by atoms with Gasteiger partial charge in [0.1, 0.15) is 23.2 Å². The molecule has 2 aliphatic rings. The van der Waals surface area contributed by atoms with Crippen LogP contribution < -0.4 is 16.4 Å². The van der Waals surface area contributed by atoms with E-state index in [-0.39, 0.29) is 53.7 Å². The molecule has 6 rings (SSSR count). The lowest BCUT2D eigenvalue weighted by atomic mass is 9.97. The summed E-state index contributed by atoms with van der Waals surface area (Å²) in [5, 5.41) is 4.21. The van der Waals surface area contributed by atoms with Crippen LogP contribution in [0, 0.1) is 5.82 Å². The molecule has 1 saturated heterocycles. The lowest BCUT2D eigenvalue weighted by Crippen LogP contribution is -2.58. The second-order valence-corrected chi connectivity index (χ2v) is 9.82. The lowest BCUT2D eigenvalue weighted by molar-refractivity contribution is -0.140. The fourth-order valence-electron chi connectivity index (χ4n) is 5.44. The van der Waals surface area contributed by atoms with Crippen molar-refractivity contribution in [2.75, 3.05) is 30.3 Å². The summed E-state index contributed by atoms with van der Waals surface area (Å²) < 4.78 is 60.4. The Balaban J connectivity index is 1.34. The normalized spacial score (nSPS) is 19.6. The molecule has 1 fully saturated rings. The summed E-state index contributed by atoms with van der Waals surface area (Å²) in [6.45, 7) is 1.08. The molecule has 2 aliphatic heterocycles. The number of aromatic nitrogens is 6. The van der Waals surface area contributed by atoms with Gasteiger partial charge in [-0.3, -0.25) is 9.48 Å². The summed E-state index contributed by atoms with van der Waals surface area (Å²) in [4.78, 5) is 28.8. The van der Waals surface area contributed by atoms with E-state index in [0.29, 0.717) is 19.6 Å². The number of rotatable bonds is 4. The molecule has 1 aromatic carbocycles. The van der Waals surface area contributed by atoms with Crippen molar-refractivity contribution < 1.29 is 22.4 Å². The predicted molar refractivity (Wildman–Crippen MR) is 132 cm³/mol. The second kappa shape index (κ2) is 8.90. The van der Waals surface area contributed by atoms with Crippen LogP contribution in [-0.2, 0) is 30.6 Å². The Morgan fingerprint density at radius 1 is 1.10 bits per heavy atom. The number of carbonyl (C=O) groups is 1. The van der Waals surface area contributed by atoms with Crippen molar-refractivity contribution >= 4 is 28.6 Å². The van der Waals surface area contributed by atoms with Crippen LogP contribution in [0.2, 0.25) is 0 Å². The van der Waals surface area contributed by atoms with E-state index in [0.717, 1.165) is 11.8 Å². The molecule has 11 nitrogen and oxygen atoms in total. The first-order chi connectivity index (χ1) is 18.5. The maximum atomic E-state index is 14.7. The fraction of sp³-hybridized carbons (Fsp3) is 0.375. The number of hydrogen-bond acceptors (Lipinski definition) is 8. The largest absolute Gasteiger partial charge is 0.419 e.